The van der Waals surface area contributed by atoms with Gasteiger partial charge in [0.05, 0.1) is 25.2 Å². The topological polar surface area (TPSA) is 95.9 Å². The third-order valence-electron chi connectivity index (χ3n) is 10.5. The molecule has 316 valence electrons. The summed E-state index contributed by atoms with van der Waals surface area (Å²) in [5.74, 6) is -0.506. The number of ether oxygens (including phenoxy) is 1. The second-order valence-corrected chi connectivity index (χ2v) is 15.8. The molecule has 0 bridgehead atoms. The van der Waals surface area contributed by atoms with E-state index < -0.39 is 18.2 Å². The molecule has 1 amide bonds. The lowest BCUT2D eigenvalue weighted by molar-refractivity contribution is -0.151. The molecule has 6 heteroatoms. The molecule has 3 N–H and O–H groups in total. The summed E-state index contributed by atoms with van der Waals surface area (Å²) < 4.78 is 5.87. The average Bonchev–Trinajstić information content (AvgIpc) is 3.16. The van der Waals surface area contributed by atoms with Gasteiger partial charge in [0, 0.05) is 6.42 Å². The molecular formula is C48H89NO5. The second-order valence-electron chi connectivity index (χ2n) is 15.8. The quantitative estimate of drug-likeness (QED) is 0.0328. The number of hydrogen-bond acceptors (Lipinski definition) is 5. The summed E-state index contributed by atoms with van der Waals surface area (Å²) in [5.41, 5.74) is 0. The highest BCUT2D eigenvalue weighted by Crippen LogP contribution is 2.17. The maximum Gasteiger partial charge on any atom is 0.306 e. The Bertz CT molecular complexity index is 900. The van der Waals surface area contributed by atoms with Crippen LogP contribution in [0.25, 0.3) is 0 Å². The first kappa shape index (κ1) is 52.1. The van der Waals surface area contributed by atoms with Gasteiger partial charge in [-0.3, -0.25) is 9.59 Å². The number of carbonyl (C=O) groups excluding carboxylic acids is 2. The molecule has 0 spiro atoms. The number of rotatable bonds is 41. The zero-order chi connectivity index (χ0) is 39.6. The predicted molar refractivity (Wildman–Crippen MR) is 232 cm³/mol. The Morgan fingerprint density at radius 2 is 1.00 bits per heavy atom. The molecule has 0 saturated heterocycles. The minimum Gasteiger partial charge on any atom is -0.462 e. The van der Waals surface area contributed by atoms with Crippen molar-refractivity contribution in [2.75, 3.05) is 6.61 Å². The SMILES string of the molecule is CC/C=C/C=C/C=C\CCCCCC(CC(=O)NC(CO)C(O)CCCCCCCCCCCCCCCC)OC(=O)CCCCCCCCCCCC. The van der Waals surface area contributed by atoms with E-state index in [0.29, 0.717) is 19.3 Å². The van der Waals surface area contributed by atoms with Crippen molar-refractivity contribution in [3.63, 3.8) is 0 Å². The molecule has 0 rings (SSSR count). The Kier molecular flexibility index (Phi) is 40.7. The highest BCUT2D eigenvalue weighted by atomic mass is 16.5. The highest BCUT2D eigenvalue weighted by molar-refractivity contribution is 5.77. The maximum absolute atomic E-state index is 13.1. The number of allylic oxidation sites excluding steroid dienone is 6. The summed E-state index contributed by atoms with van der Waals surface area (Å²) >= 11 is 0. The van der Waals surface area contributed by atoms with Gasteiger partial charge < -0.3 is 20.3 Å². The molecule has 3 atom stereocenters. The molecule has 54 heavy (non-hydrogen) atoms. The Morgan fingerprint density at radius 3 is 1.50 bits per heavy atom. The minimum atomic E-state index is -0.792. The standard InChI is InChI=1S/C48H89NO5/c1-4-7-10-13-16-19-22-23-24-26-28-31-34-37-40-46(51)45(43-50)49-47(52)42-44(39-36-33-30-27-25-20-17-14-11-8-5-2)54-48(53)41-38-35-32-29-21-18-15-12-9-6-3/h8,11,14,17,20,25,44-46,50-51H,4-7,9-10,12-13,15-16,18-19,21-24,26-43H2,1-3H3,(H,49,52)/b11-8+,17-14+,25-20-. The highest BCUT2D eigenvalue weighted by Gasteiger charge is 2.24. The smallest absolute Gasteiger partial charge is 0.306 e. The largest absolute Gasteiger partial charge is 0.462 e. The summed E-state index contributed by atoms with van der Waals surface area (Å²) in [6.45, 7) is 6.32. The van der Waals surface area contributed by atoms with Crippen molar-refractivity contribution in [3.8, 4) is 0 Å². The summed E-state index contributed by atoms with van der Waals surface area (Å²) in [7, 11) is 0. The summed E-state index contributed by atoms with van der Waals surface area (Å²) in [4.78, 5) is 25.9. The molecule has 0 radical (unpaired) electrons. The number of aliphatic hydroxyl groups excluding tert-OH is 2. The predicted octanol–water partition coefficient (Wildman–Crippen LogP) is 13.3. The van der Waals surface area contributed by atoms with Gasteiger partial charge in [-0.15, -0.1) is 0 Å². The molecule has 0 saturated carbocycles. The molecule has 0 fully saturated rings. The molecule has 0 heterocycles. The van der Waals surface area contributed by atoms with Gasteiger partial charge in [0.25, 0.3) is 0 Å². The summed E-state index contributed by atoms with van der Waals surface area (Å²) in [6.07, 6.45) is 47.8. The molecular weight excluding hydrogens is 671 g/mol. The minimum absolute atomic E-state index is 0.0574. The van der Waals surface area contributed by atoms with E-state index in [2.05, 4.69) is 50.4 Å². The molecule has 0 aromatic carbocycles. The molecule has 0 aromatic heterocycles. The number of carbonyl (C=O) groups is 2. The van der Waals surface area contributed by atoms with Crippen molar-refractivity contribution in [2.24, 2.45) is 0 Å². The fourth-order valence-corrected chi connectivity index (χ4v) is 7.02. The van der Waals surface area contributed by atoms with Gasteiger partial charge in [0.1, 0.15) is 6.10 Å². The average molecular weight is 760 g/mol. The fourth-order valence-electron chi connectivity index (χ4n) is 7.02. The van der Waals surface area contributed by atoms with E-state index in [1.807, 2.05) is 12.2 Å². The number of unbranched alkanes of at least 4 members (excludes halogenated alkanes) is 25. The van der Waals surface area contributed by atoms with Crippen LogP contribution in [0.1, 0.15) is 233 Å². The molecule has 0 aliphatic carbocycles. The van der Waals surface area contributed by atoms with Crippen molar-refractivity contribution < 1.29 is 24.5 Å². The Labute approximate surface area is 334 Å². The van der Waals surface area contributed by atoms with Crippen LogP contribution in [0, 0.1) is 0 Å². The van der Waals surface area contributed by atoms with E-state index in [9.17, 15) is 19.8 Å². The van der Waals surface area contributed by atoms with Crippen molar-refractivity contribution in [1.29, 1.82) is 0 Å². The van der Waals surface area contributed by atoms with E-state index in [1.54, 1.807) is 0 Å². The lowest BCUT2D eigenvalue weighted by atomic mass is 10.0. The second kappa shape index (κ2) is 42.2. The van der Waals surface area contributed by atoms with E-state index in [1.165, 1.54) is 116 Å². The molecule has 0 aliphatic heterocycles. The lowest BCUT2D eigenvalue weighted by Gasteiger charge is -2.24. The first-order chi connectivity index (χ1) is 26.5. The van der Waals surface area contributed by atoms with Crippen molar-refractivity contribution in [3.05, 3.63) is 36.5 Å². The van der Waals surface area contributed by atoms with Gasteiger partial charge in [0.2, 0.25) is 5.91 Å². The van der Waals surface area contributed by atoms with Gasteiger partial charge in [-0.25, -0.2) is 0 Å². The van der Waals surface area contributed by atoms with Crippen LogP contribution < -0.4 is 5.32 Å². The Balaban J connectivity index is 4.56. The summed E-state index contributed by atoms with van der Waals surface area (Å²) in [6, 6.07) is -0.708. The zero-order valence-corrected chi connectivity index (χ0v) is 35.9. The van der Waals surface area contributed by atoms with Crippen LogP contribution in [-0.4, -0.2) is 46.9 Å². The van der Waals surface area contributed by atoms with Crippen LogP contribution >= 0.6 is 0 Å². The van der Waals surface area contributed by atoms with E-state index in [0.717, 1.165) is 70.6 Å². The third kappa shape index (κ3) is 37.0. The third-order valence-corrected chi connectivity index (χ3v) is 10.5. The molecule has 0 aromatic rings. The van der Waals surface area contributed by atoms with Crippen LogP contribution in [0.2, 0.25) is 0 Å². The number of nitrogens with one attached hydrogen (secondary N) is 1. The van der Waals surface area contributed by atoms with E-state index >= 15 is 0 Å². The number of aliphatic hydroxyl groups is 2. The first-order valence-electron chi connectivity index (χ1n) is 23.2. The van der Waals surface area contributed by atoms with Gasteiger partial charge >= 0.3 is 5.97 Å². The van der Waals surface area contributed by atoms with Crippen LogP contribution in [0.5, 0.6) is 0 Å². The van der Waals surface area contributed by atoms with Crippen molar-refractivity contribution in [2.45, 2.75) is 251 Å². The van der Waals surface area contributed by atoms with Crippen LogP contribution in [-0.2, 0) is 14.3 Å². The van der Waals surface area contributed by atoms with Gasteiger partial charge in [0.15, 0.2) is 0 Å². The van der Waals surface area contributed by atoms with Gasteiger partial charge in [-0.2, -0.15) is 0 Å². The van der Waals surface area contributed by atoms with Crippen LogP contribution in [0.4, 0.5) is 0 Å². The summed E-state index contributed by atoms with van der Waals surface area (Å²) in [5, 5.41) is 23.6. The van der Waals surface area contributed by atoms with Crippen LogP contribution in [0.3, 0.4) is 0 Å². The fraction of sp³-hybridized carbons (Fsp3) is 0.833. The molecule has 3 unspecified atom stereocenters. The number of hydrogen-bond donors (Lipinski definition) is 3. The Hall–Kier alpha value is -1.92. The monoisotopic (exact) mass is 760 g/mol. The van der Waals surface area contributed by atoms with Crippen molar-refractivity contribution in [1.82, 2.24) is 5.32 Å². The normalized spacial score (nSPS) is 13.6. The number of esters is 1. The zero-order valence-electron chi connectivity index (χ0n) is 35.9. The first-order valence-corrected chi connectivity index (χ1v) is 23.2. The van der Waals surface area contributed by atoms with Gasteiger partial charge in [-0.1, -0.05) is 211 Å². The maximum atomic E-state index is 13.1. The van der Waals surface area contributed by atoms with E-state index in [4.69, 9.17) is 4.74 Å². The van der Waals surface area contributed by atoms with Gasteiger partial charge in [-0.05, 0) is 44.9 Å². The van der Waals surface area contributed by atoms with Crippen LogP contribution in [0.15, 0.2) is 36.5 Å². The number of amides is 1. The molecule has 0 aliphatic rings. The Morgan fingerprint density at radius 1 is 0.556 bits per heavy atom. The van der Waals surface area contributed by atoms with E-state index in [-0.39, 0.29) is 24.9 Å². The lowest BCUT2D eigenvalue weighted by Crippen LogP contribution is -2.46. The van der Waals surface area contributed by atoms with Crippen molar-refractivity contribution >= 4 is 11.9 Å². The molecule has 6 nitrogen and oxygen atoms in total.